The van der Waals surface area contributed by atoms with Crippen molar-refractivity contribution in [1.82, 2.24) is 10.2 Å². The number of carbonyl (C=O) groups is 2. The highest BCUT2D eigenvalue weighted by Crippen LogP contribution is 2.31. The smallest absolute Gasteiger partial charge is 0.264 e. The summed E-state index contributed by atoms with van der Waals surface area (Å²) in [5.41, 5.74) is 1.78. The molecule has 0 fully saturated rings. The number of sulfonamides is 1. The lowest BCUT2D eigenvalue weighted by atomic mass is 10.1. The molecule has 0 saturated carbocycles. The van der Waals surface area contributed by atoms with Crippen molar-refractivity contribution in [3.8, 4) is 5.75 Å². The van der Waals surface area contributed by atoms with Gasteiger partial charge in [0.05, 0.1) is 27.7 Å². The van der Waals surface area contributed by atoms with E-state index in [2.05, 4.69) is 5.32 Å². The Bertz CT molecular complexity index is 1460. The van der Waals surface area contributed by atoms with Gasteiger partial charge in [0.2, 0.25) is 11.8 Å². The third-order valence-corrected chi connectivity index (χ3v) is 9.29. The largest absolute Gasteiger partial charge is 0.497 e. The number of anilines is 1. The van der Waals surface area contributed by atoms with E-state index >= 15 is 0 Å². The van der Waals surface area contributed by atoms with Crippen molar-refractivity contribution in [2.75, 3.05) is 18.0 Å². The van der Waals surface area contributed by atoms with E-state index in [1.165, 1.54) is 35.2 Å². The van der Waals surface area contributed by atoms with Gasteiger partial charge in [-0.05, 0) is 75.2 Å². The van der Waals surface area contributed by atoms with Crippen LogP contribution in [0.5, 0.6) is 5.75 Å². The van der Waals surface area contributed by atoms with Gasteiger partial charge >= 0.3 is 0 Å². The second-order valence-corrected chi connectivity index (χ2v) is 12.5. The molecule has 0 saturated heterocycles. The van der Waals surface area contributed by atoms with Crippen LogP contribution in [0.15, 0.2) is 71.6 Å². The molecule has 2 atom stereocenters. The van der Waals surface area contributed by atoms with Crippen molar-refractivity contribution in [3.05, 3.63) is 87.9 Å². The molecule has 41 heavy (non-hydrogen) atoms. The van der Waals surface area contributed by atoms with Crippen LogP contribution in [-0.4, -0.2) is 50.9 Å². The molecular weight excluding hydrogens is 585 g/mol. The average molecular weight is 621 g/mol. The van der Waals surface area contributed by atoms with Crippen molar-refractivity contribution >= 4 is 50.7 Å². The summed E-state index contributed by atoms with van der Waals surface area (Å²) in [6.07, 6.45) is 0.713. The van der Waals surface area contributed by atoms with Crippen LogP contribution in [0.4, 0.5) is 5.69 Å². The van der Waals surface area contributed by atoms with Gasteiger partial charge in [-0.25, -0.2) is 8.42 Å². The summed E-state index contributed by atoms with van der Waals surface area (Å²) in [5, 5.41) is 3.29. The molecule has 0 aliphatic carbocycles. The molecule has 0 heterocycles. The number of amides is 2. The quantitative estimate of drug-likeness (QED) is 0.275. The lowest BCUT2D eigenvalue weighted by Gasteiger charge is -2.32. The van der Waals surface area contributed by atoms with Crippen molar-refractivity contribution in [1.29, 1.82) is 0 Å². The molecule has 0 aromatic heterocycles. The van der Waals surface area contributed by atoms with E-state index in [9.17, 15) is 18.0 Å². The number of halogens is 2. The summed E-state index contributed by atoms with van der Waals surface area (Å²) in [7, 11) is -2.66. The van der Waals surface area contributed by atoms with Crippen LogP contribution in [0.2, 0.25) is 10.0 Å². The first-order valence-corrected chi connectivity index (χ1v) is 15.3. The summed E-state index contributed by atoms with van der Waals surface area (Å²) < 4.78 is 34.0. The lowest BCUT2D eigenvalue weighted by molar-refractivity contribution is -0.139. The Morgan fingerprint density at radius 2 is 1.59 bits per heavy atom. The van der Waals surface area contributed by atoms with Gasteiger partial charge in [-0.1, -0.05) is 60.0 Å². The second-order valence-electron chi connectivity index (χ2n) is 9.79. The Balaban J connectivity index is 2.04. The molecule has 0 aliphatic heterocycles. The van der Waals surface area contributed by atoms with Gasteiger partial charge in [0.15, 0.2) is 0 Å². The molecule has 11 heteroatoms. The molecule has 3 aromatic carbocycles. The van der Waals surface area contributed by atoms with Crippen LogP contribution in [0, 0.1) is 6.92 Å². The molecule has 3 aromatic rings. The predicted octanol–water partition coefficient (Wildman–Crippen LogP) is 5.84. The van der Waals surface area contributed by atoms with Gasteiger partial charge in [0.1, 0.15) is 18.3 Å². The molecule has 0 unspecified atom stereocenters. The number of rotatable bonds is 12. The summed E-state index contributed by atoms with van der Waals surface area (Å²) in [6, 6.07) is 16.8. The minimum Gasteiger partial charge on any atom is -0.497 e. The molecule has 220 valence electrons. The van der Waals surface area contributed by atoms with E-state index in [4.69, 9.17) is 27.9 Å². The fourth-order valence-electron chi connectivity index (χ4n) is 3.98. The fraction of sp³-hybridized carbons (Fsp3) is 0.333. The Labute approximate surface area is 252 Å². The van der Waals surface area contributed by atoms with Gasteiger partial charge in [0, 0.05) is 12.6 Å². The van der Waals surface area contributed by atoms with E-state index in [0.717, 1.165) is 15.4 Å². The number of hydrogen-bond donors (Lipinski definition) is 1. The summed E-state index contributed by atoms with van der Waals surface area (Å²) >= 11 is 12.4. The average Bonchev–Trinajstić information content (AvgIpc) is 2.96. The topological polar surface area (TPSA) is 96.0 Å². The van der Waals surface area contributed by atoms with Gasteiger partial charge in [-0.2, -0.15) is 0 Å². The monoisotopic (exact) mass is 619 g/mol. The van der Waals surface area contributed by atoms with Crippen molar-refractivity contribution in [3.63, 3.8) is 0 Å². The number of ether oxygens (including phenoxy) is 1. The third kappa shape index (κ3) is 8.15. The van der Waals surface area contributed by atoms with Crippen LogP contribution < -0.4 is 14.4 Å². The first-order chi connectivity index (χ1) is 19.4. The van der Waals surface area contributed by atoms with E-state index in [1.54, 1.807) is 50.4 Å². The van der Waals surface area contributed by atoms with E-state index < -0.39 is 28.5 Å². The van der Waals surface area contributed by atoms with Gasteiger partial charge < -0.3 is 15.0 Å². The zero-order chi connectivity index (χ0) is 30.3. The summed E-state index contributed by atoms with van der Waals surface area (Å²) in [4.78, 5) is 28.5. The van der Waals surface area contributed by atoms with Crippen LogP contribution >= 0.6 is 23.2 Å². The minimum atomic E-state index is -4.21. The molecule has 1 N–H and O–H groups in total. The number of aryl methyl sites for hydroxylation is 1. The zero-order valence-corrected chi connectivity index (χ0v) is 26.1. The maximum atomic E-state index is 14.0. The second kappa shape index (κ2) is 14.1. The summed E-state index contributed by atoms with van der Waals surface area (Å²) in [6.45, 7) is 6.78. The molecule has 2 amide bonds. The van der Waals surface area contributed by atoms with E-state index in [0.29, 0.717) is 12.2 Å². The normalized spacial score (nSPS) is 12.8. The highest BCUT2D eigenvalue weighted by atomic mass is 35.5. The van der Waals surface area contributed by atoms with Crippen molar-refractivity contribution < 1.29 is 22.7 Å². The highest BCUT2D eigenvalue weighted by Gasteiger charge is 2.33. The van der Waals surface area contributed by atoms with Gasteiger partial charge in [0.25, 0.3) is 10.0 Å². The number of nitrogens with one attached hydrogen (secondary N) is 1. The van der Waals surface area contributed by atoms with Crippen molar-refractivity contribution in [2.45, 2.75) is 57.6 Å². The maximum Gasteiger partial charge on any atom is 0.264 e. The van der Waals surface area contributed by atoms with Crippen LogP contribution in [-0.2, 0) is 26.2 Å². The van der Waals surface area contributed by atoms with E-state index in [1.807, 2.05) is 20.8 Å². The predicted molar refractivity (Wildman–Crippen MR) is 163 cm³/mol. The maximum absolute atomic E-state index is 14.0. The number of methoxy groups -OCH3 is 1. The lowest BCUT2D eigenvalue weighted by Crippen LogP contribution is -2.52. The number of benzene rings is 3. The van der Waals surface area contributed by atoms with Gasteiger partial charge in [-0.15, -0.1) is 0 Å². The Morgan fingerprint density at radius 1 is 0.951 bits per heavy atom. The summed E-state index contributed by atoms with van der Waals surface area (Å²) in [5.74, 6) is -0.276. The first-order valence-electron chi connectivity index (χ1n) is 13.1. The molecular formula is C30H35Cl2N3O5S. The Morgan fingerprint density at radius 3 is 2.15 bits per heavy atom. The zero-order valence-electron chi connectivity index (χ0n) is 23.7. The molecule has 0 spiro atoms. The number of hydrogen-bond acceptors (Lipinski definition) is 5. The molecule has 0 bridgehead atoms. The van der Waals surface area contributed by atoms with Crippen molar-refractivity contribution in [2.24, 2.45) is 0 Å². The molecule has 8 nitrogen and oxygen atoms in total. The highest BCUT2D eigenvalue weighted by molar-refractivity contribution is 7.92. The SMILES string of the molecule is CC[C@@H](C)NC(=O)[C@H](C)N(Cc1ccc(OC)cc1)C(=O)CN(c1ccc(Cl)c(Cl)c1)S(=O)(=O)c1ccc(C)cc1. The van der Waals surface area contributed by atoms with Crippen LogP contribution in [0.3, 0.4) is 0 Å². The number of carbonyl (C=O) groups excluding carboxylic acids is 2. The molecule has 0 radical (unpaired) electrons. The fourth-order valence-corrected chi connectivity index (χ4v) is 5.68. The third-order valence-electron chi connectivity index (χ3n) is 6.76. The standard InChI is InChI=1S/C30H35Cl2N3O5S/c1-6-21(3)33-30(37)22(4)34(18-23-9-12-25(40-5)13-10-23)29(36)19-35(24-11-16-27(31)28(32)17-24)41(38,39)26-14-7-20(2)8-15-26/h7-17,21-22H,6,18-19H2,1-5H3,(H,33,37)/t21-,22+/m1/s1. The van der Waals surface area contributed by atoms with Crippen LogP contribution in [0.1, 0.15) is 38.3 Å². The molecule has 0 aliphatic rings. The first kappa shape index (κ1) is 32.2. The van der Waals surface area contributed by atoms with Gasteiger partial charge in [-0.3, -0.25) is 13.9 Å². The van der Waals surface area contributed by atoms with E-state index in [-0.39, 0.29) is 39.1 Å². The minimum absolute atomic E-state index is 0.00578. The van der Waals surface area contributed by atoms with Crippen LogP contribution in [0.25, 0.3) is 0 Å². The Hall–Kier alpha value is -3.27. The molecule has 3 rings (SSSR count). The number of nitrogens with zero attached hydrogens (tertiary/aromatic N) is 2. The Kier molecular flexibility index (Phi) is 11.1.